The fraction of sp³-hybridized carbons (Fsp3) is 0.478. The van der Waals surface area contributed by atoms with Gasteiger partial charge in [-0.3, -0.25) is 9.69 Å². The Morgan fingerprint density at radius 3 is 2.82 bits per heavy atom. The number of H-pyrrole nitrogens is 1. The van der Waals surface area contributed by atoms with Gasteiger partial charge in [0.05, 0.1) is 11.6 Å². The molecule has 0 saturated heterocycles. The summed E-state index contributed by atoms with van der Waals surface area (Å²) in [5, 5.41) is 12.3. The predicted molar refractivity (Wildman–Crippen MR) is 109 cm³/mol. The van der Waals surface area contributed by atoms with Crippen LogP contribution in [0.3, 0.4) is 0 Å². The first-order valence-corrected chi connectivity index (χ1v) is 10.4. The van der Waals surface area contributed by atoms with Crippen molar-refractivity contribution in [2.45, 2.75) is 51.1 Å². The Kier molecular flexibility index (Phi) is 5.78. The van der Waals surface area contributed by atoms with Gasteiger partial charge in [0.1, 0.15) is 5.69 Å². The summed E-state index contributed by atoms with van der Waals surface area (Å²) in [7, 11) is 0. The molecule has 1 amide bonds. The standard InChI is InChI=1S/C23H28N4O/c24-15-18-3-6-19-10-13-27(16-20(19)14-18)12-9-17-4-7-21(8-5-17)26-23(28)22-2-1-11-25-22/h1-3,6,11,14,17,21,25H,4-5,7-10,12-13,16H2,(H,26,28). The van der Waals surface area contributed by atoms with E-state index in [1.165, 1.54) is 30.4 Å². The molecule has 1 fully saturated rings. The van der Waals surface area contributed by atoms with Crippen molar-refractivity contribution in [2.75, 3.05) is 13.1 Å². The van der Waals surface area contributed by atoms with E-state index >= 15 is 0 Å². The Labute approximate surface area is 166 Å². The van der Waals surface area contributed by atoms with E-state index in [2.05, 4.69) is 33.4 Å². The van der Waals surface area contributed by atoms with Gasteiger partial charge in [-0.2, -0.15) is 5.26 Å². The summed E-state index contributed by atoms with van der Waals surface area (Å²) in [5.74, 6) is 0.766. The highest BCUT2D eigenvalue weighted by atomic mass is 16.1. The van der Waals surface area contributed by atoms with Gasteiger partial charge in [0.2, 0.25) is 0 Å². The average molecular weight is 377 g/mol. The maximum absolute atomic E-state index is 12.2. The molecule has 1 aromatic heterocycles. The van der Waals surface area contributed by atoms with Crippen molar-refractivity contribution in [3.05, 3.63) is 58.9 Å². The molecule has 0 spiro atoms. The zero-order valence-corrected chi connectivity index (χ0v) is 16.3. The molecular formula is C23H28N4O. The van der Waals surface area contributed by atoms with Gasteiger partial charge < -0.3 is 10.3 Å². The Morgan fingerprint density at radius 2 is 2.07 bits per heavy atom. The van der Waals surface area contributed by atoms with E-state index in [1.54, 1.807) is 6.20 Å². The molecule has 146 valence electrons. The molecule has 1 saturated carbocycles. The van der Waals surface area contributed by atoms with Crippen molar-refractivity contribution in [3.63, 3.8) is 0 Å². The zero-order valence-electron chi connectivity index (χ0n) is 16.3. The molecule has 4 rings (SSSR count). The summed E-state index contributed by atoms with van der Waals surface area (Å²) >= 11 is 0. The molecule has 5 nitrogen and oxygen atoms in total. The Bertz CT molecular complexity index is 844. The molecular weight excluding hydrogens is 348 g/mol. The monoisotopic (exact) mass is 376 g/mol. The Morgan fingerprint density at radius 1 is 1.21 bits per heavy atom. The number of rotatable bonds is 5. The van der Waals surface area contributed by atoms with Crippen molar-refractivity contribution >= 4 is 5.91 Å². The summed E-state index contributed by atoms with van der Waals surface area (Å²) in [6, 6.07) is 12.3. The summed E-state index contributed by atoms with van der Waals surface area (Å²) in [6.45, 7) is 3.20. The normalized spacial score (nSPS) is 22.2. The molecule has 28 heavy (non-hydrogen) atoms. The topological polar surface area (TPSA) is 71.9 Å². The van der Waals surface area contributed by atoms with Gasteiger partial charge in [-0.05, 0) is 86.4 Å². The predicted octanol–water partition coefficient (Wildman–Crippen LogP) is 3.62. The lowest BCUT2D eigenvalue weighted by Gasteiger charge is -2.33. The number of carbonyl (C=O) groups is 1. The summed E-state index contributed by atoms with van der Waals surface area (Å²) in [6.07, 6.45) is 8.63. The molecule has 2 heterocycles. The molecule has 1 aliphatic carbocycles. The van der Waals surface area contributed by atoms with Gasteiger partial charge in [0.25, 0.3) is 5.91 Å². The van der Waals surface area contributed by atoms with Crippen LogP contribution in [0.4, 0.5) is 0 Å². The number of nitrogens with zero attached hydrogens (tertiary/aromatic N) is 2. The fourth-order valence-corrected chi connectivity index (χ4v) is 4.57. The molecule has 2 aliphatic rings. The van der Waals surface area contributed by atoms with Crippen molar-refractivity contribution in [2.24, 2.45) is 5.92 Å². The van der Waals surface area contributed by atoms with Crippen LogP contribution in [0.5, 0.6) is 0 Å². The number of carbonyl (C=O) groups excluding carboxylic acids is 1. The van der Waals surface area contributed by atoms with Gasteiger partial charge >= 0.3 is 0 Å². The minimum absolute atomic E-state index is 0.0113. The maximum Gasteiger partial charge on any atom is 0.267 e. The highest BCUT2D eigenvalue weighted by Gasteiger charge is 2.24. The van der Waals surface area contributed by atoms with Crippen LogP contribution in [0.1, 0.15) is 59.3 Å². The number of nitrogens with one attached hydrogen (secondary N) is 2. The summed E-state index contributed by atoms with van der Waals surface area (Å²) < 4.78 is 0. The van der Waals surface area contributed by atoms with Crippen LogP contribution >= 0.6 is 0 Å². The molecule has 0 radical (unpaired) electrons. The first kappa shape index (κ1) is 18.8. The van der Waals surface area contributed by atoms with Gasteiger partial charge in [0.15, 0.2) is 0 Å². The maximum atomic E-state index is 12.2. The van der Waals surface area contributed by atoms with E-state index in [4.69, 9.17) is 5.26 Å². The summed E-state index contributed by atoms with van der Waals surface area (Å²) in [4.78, 5) is 17.7. The Balaban J connectivity index is 1.20. The van der Waals surface area contributed by atoms with Crippen LogP contribution in [-0.4, -0.2) is 34.9 Å². The number of nitriles is 1. The third-order valence-corrected chi connectivity index (χ3v) is 6.30. The second kappa shape index (κ2) is 8.62. The zero-order chi connectivity index (χ0) is 19.3. The van der Waals surface area contributed by atoms with Gasteiger partial charge in [-0.1, -0.05) is 6.07 Å². The van der Waals surface area contributed by atoms with E-state index in [0.29, 0.717) is 11.7 Å². The molecule has 0 atom stereocenters. The van der Waals surface area contributed by atoms with E-state index in [9.17, 15) is 4.79 Å². The van der Waals surface area contributed by atoms with Gasteiger partial charge in [-0.15, -0.1) is 0 Å². The third kappa shape index (κ3) is 4.45. The van der Waals surface area contributed by atoms with Crippen LogP contribution in [0, 0.1) is 17.2 Å². The SMILES string of the molecule is N#Cc1ccc2c(c1)CN(CCC1CCC(NC(=O)c3ccc[nH]3)CC1)CC2. The number of benzene rings is 1. The number of hydrogen-bond acceptors (Lipinski definition) is 3. The van der Waals surface area contributed by atoms with E-state index in [1.807, 2.05) is 18.2 Å². The van der Waals surface area contributed by atoms with Crippen molar-refractivity contribution in [1.82, 2.24) is 15.2 Å². The second-order valence-electron chi connectivity index (χ2n) is 8.19. The average Bonchev–Trinajstić information content (AvgIpc) is 3.28. The molecule has 0 unspecified atom stereocenters. The number of aromatic amines is 1. The molecule has 1 aliphatic heterocycles. The minimum atomic E-state index is 0.0113. The largest absolute Gasteiger partial charge is 0.357 e. The molecule has 1 aromatic carbocycles. The van der Waals surface area contributed by atoms with Gasteiger partial charge in [-0.25, -0.2) is 0 Å². The van der Waals surface area contributed by atoms with Crippen LogP contribution in [-0.2, 0) is 13.0 Å². The molecule has 5 heteroatoms. The van der Waals surface area contributed by atoms with Crippen molar-refractivity contribution < 1.29 is 4.79 Å². The lowest BCUT2D eigenvalue weighted by molar-refractivity contribution is 0.0915. The number of amides is 1. The van der Waals surface area contributed by atoms with Crippen LogP contribution in [0.15, 0.2) is 36.5 Å². The highest BCUT2D eigenvalue weighted by Crippen LogP contribution is 2.28. The smallest absolute Gasteiger partial charge is 0.267 e. The molecule has 2 aromatic rings. The first-order valence-electron chi connectivity index (χ1n) is 10.4. The number of aromatic nitrogens is 1. The second-order valence-corrected chi connectivity index (χ2v) is 8.19. The van der Waals surface area contributed by atoms with E-state index in [-0.39, 0.29) is 5.91 Å². The molecule has 0 bridgehead atoms. The minimum Gasteiger partial charge on any atom is -0.357 e. The fourth-order valence-electron chi connectivity index (χ4n) is 4.57. The van der Waals surface area contributed by atoms with Crippen molar-refractivity contribution in [3.8, 4) is 6.07 Å². The van der Waals surface area contributed by atoms with Crippen LogP contribution < -0.4 is 5.32 Å². The third-order valence-electron chi connectivity index (χ3n) is 6.30. The lowest BCUT2D eigenvalue weighted by atomic mass is 9.84. The first-order chi connectivity index (χ1) is 13.7. The van der Waals surface area contributed by atoms with E-state index < -0.39 is 0 Å². The number of hydrogen-bond donors (Lipinski definition) is 2. The van der Waals surface area contributed by atoms with Crippen LogP contribution in [0.25, 0.3) is 0 Å². The lowest BCUT2D eigenvalue weighted by Crippen LogP contribution is -2.38. The van der Waals surface area contributed by atoms with Crippen LogP contribution in [0.2, 0.25) is 0 Å². The molecule has 2 N–H and O–H groups in total. The highest BCUT2D eigenvalue weighted by molar-refractivity contribution is 5.92. The quantitative estimate of drug-likeness (QED) is 0.837. The van der Waals surface area contributed by atoms with E-state index in [0.717, 1.165) is 50.4 Å². The van der Waals surface area contributed by atoms with Crippen molar-refractivity contribution in [1.29, 1.82) is 5.26 Å². The number of fused-ring (bicyclic) bond motifs is 1. The van der Waals surface area contributed by atoms with Gasteiger partial charge in [0, 0.05) is 25.3 Å². The Hall–Kier alpha value is -2.58. The summed E-state index contributed by atoms with van der Waals surface area (Å²) in [5.41, 5.74) is 4.13.